The monoisotopic (exact) mass is 236 g/mol. The summed E-state index contributed by atoms with van der Waals surface area (Å²) in [6.45, 7) is 1.50. The standard InChI is InChI=1S/C10H12F4N2/c1-7(15-5-4-10(12,13)14)9-3-2-8(11)6-16-9/h2-3,6-7,15H,4-5H2,1H3. The van der Waals surface area contributed by atoms with Crippen molar-refractivity contribution in [3.8, 4) is 0 Å². The second-order valence-electron chi connectivity index (χ2n) is 3.44. The van der Waals surface area contributed by atoms with Crippen molar-refractivity contribution in [1.82, 2.24) is 10.3 Å². The molecule has 0 spiro atoms. The van der Waals surface area contributed by atoms with Crippen LogP contribution in [0.2, 0.25) is 0 Å². The van der Waals surface area contributed by atoms with Gasteiger partial charge in [0.05, 0.1) is 18.3 Å². The van der Waals surface area contributed by atoms with Crippen molar-refractivity contribution < 1.29 is 17.6 Å². The number of alkyl halides is 3. The predicted molar refractivity (Wildman–Crippen MR) is 51.3 cm³/mol. The van der Waals surface area contributed by atoms with Gasteiger partial charge in [-0.15, -0.1) is 0 Å². The summed E-state index contributed by atoms with van der Waals surface area (Å²) in [6, 6.07) is 2.34. The molecule has 1 N–H and O–H groups in total. The summed E-state index contributed by atoms with van der Waals surface area (Å²) in [5.74, 6) is -0.466. The Morgan fingerprint density at radius 1 is 1.38 bits per heavy atom. The summed E-state index contributed by atoms with van der Waals surface area (Å²) >= 11 is 0. The Hall–Kier alpha value is -1.17. The maximum Gasteiger partial charge on any atom is 0.390 e. The highest BCUT2D eigenvalue weighted by Gasteiger charge is 2.26. The molecule has 0 radical (unpaired) electrons. The van der Waals surface area contributed by atoms with Crippen LogP contribution in [0.25, 0.3) is 0 Å². The SMILES string of the molecule is CC(NCCC(F)(F)F)c1ccc(F)cn1. The van der Waals surface area contributed by atoms with Crippen LogP contribution in [0.15, 0.2) is 18.3 Å². The summed E-state index contributed by atoms with van der Waals surface area (Å²) in [7, 11) is 0. The first kappa shape index (κ1) is 12.9. The molecular formula is C10H12F4N2. The lowest BCUT2D eigenvalue weighted by atomic mass is 10.2. The van der Waals surface area contributed by atoms with Gasteiger partial charge in [0.2, 0.25) is 0 Å². The van der Waals surface area contributed by atoms with Crippen molar-refractivity contribution in [2.75, 3.05) is 6.54 Å². The second kappa shape index (κ2) is 5.25. The smallest absolute Gasteiger partial charge is 0.309 e. The van der Waals surface area contributed by atoms with E-state index in [4.69, 9.17) is 0 Å². The number of hydrogen-bond acceptors (Lipinski definition) is 2. The number of pyridine rings is 1. The van der Waals surface area contributed by atoms with E-state index in [2.05, 4.69) is 10.3 Å². The van der Waals surface area contributed by atoms with Crippen LogP contribution in [-0.4, -0.2) is 17.7 Å². The maximum atomic E-state index is 12.5. The fourth-order valence-corrected chi connectivity index (χ4v) is 1.18. The summed E-state index contributed by atoms with van der Waals surface area (Å²) in [5.41, 5.74) is 0.517. The van der Waals surface area contributed by atoms with Crippen LogP contribution < -0.4 is 5.32 Å². The van der Waals surface area contributed by atoms with Crippen molar-refractivity contribution in [1.29, 1.82) is 0 Å². The number of rotatable bonds is 4. The van der Waals surface area contributed by atoms with Gasteiger partial charge in [0.25, 0.3) is 0 Å². The first-order chi connectivity index (χ1) is 7.38. The normalized spacial score (nSPS) is 13.8. The Balaban J connectivity index is 2.41. The molecule has 0 aliphatic heterocycles. The van der Waals surface area contributed by atoms with E-state index in [1.54, 1.807) is 6.92 Å². The van der Waals surface area contributed by atoms with E-state index >= 15 is 0 Å². The quantitative estimate of drug-likeness (QED) is 0.813. The maximum absolute atomic E-state index is 12.5. The third-order valence-corrected chi connectivity index (χ3v) is 2.05. The van der Waals surface area contributed by atoms with Crippen molar-refractivity contribution in [2.24, 2.45) is 0 Å². The van der Waals surface area contributed by atoms with E-state index in [0.717, 1.165) is 6.20 Å². The van der Waals surface area contributed by atoms with E-state index in [1.807, 2.05) is 0 Å². The zero-order valence-corrected chi connectivity index (χ0v) is 8.68. The van der Waals surface area contributed by atoms with Gasteiger partial charge in [0, 0.05) is 12.6 Å². The molecule has 1 rings (SSSR count). The van der Waals surface area contributed by atoms with Crippen molar-refractivity contribution >= 4 is 0 Å². The third kappa shape index (κ3) is 4.57. The molecule has 0 bridgehead atoms. The summed E-state index contributed by atoms with van der Waals surface area (Å²) in [4.78, 5) is 3.77. The topological polar surface area (TPSA) is 24.9 Å². The van der Waals surface area contributed by atoms with Gasteiger partial charge in [-0.1, -0.05) is 0 Å². The van der Waals surface area contributed by atoms with Crippen molar-refractivity contribution in [2.45, 2.75) is 25.6 Å². The molecule has 1 unspecified atom stereocenters. The van der Waals surface area contributed by atoms with Crippen LogP contribution >= 0.6 is 0 Å². The highest BCUT2D eigenvalue weighted by molar-refractivity contribution is 5.08. The Labute approximate surface area is 90.7 Å². The predicted octanol–water partition coefficient (Wildman–Crippen LogP) is 2.82. The molecule has 16 heavy (non-hydrogen) atoms. The molecule has 0 aliphatic rings. The fourth-order valence-electron chi connectivity index (χ4n) is 1.18. The van der Waals surface area contributed by atoms with Crippen LogP contribution in [0.3, 0.4) is 0 Å². The lowest BCUT2D eigenvalue weighted by Crippen LogP contribution is -2.25. The van der Waals surface area contributed by atoms with Gasteiger partial charge in [0.15, 0.2) is 0 Å². The number of nitrogens with zero attached hydrogens (tertiary/aromatic N) is 1. The minimum atomic E-state index is -4.16. The van der Waals surface area contributed by atoms with Crippen LogP contribution in [0, 0.1) is 5.82 Å². The summed E-state index contributed by atoms with van der Waals surface area (Å²) in [6.07, 6.45) is -4.02. The van der Waals surface area contributed by atoms with Gasteiger partial charge in [-0.2, -0.15) is 13.2 Å². The van der Waals surface area contributed by atoms with Crippen molar-refractivity contribution in [3.05, 3.63) is 29.8 Å². The highest BCUT2D eigenvalue weighted by atomic mass is 19.4. The lowest BCUT2D eigenvalue weighted by Gasteiger charge is -2.14. The van der Waals surface area contributed by atoms with Crippen LogP contribution in [-0.2, 0) is 0 Å². The van der Waals surface area contributed by atoms with Gasteiger partial charge in [-0.3, -0.25) is 4.98 Å². The third-order valence-electron chi connectivity index (χ3n) is 2.05. The molecule has 0 aromatic carbocycles. The molecule has 1 aromatic heterocycles. The van der Waals surface area contributed by atoms with Crippen LogP contribution in [0.5, 0.6) is 0 Å². The Morgan fingerprint density at radius 2 is 2.06 bits per heavy atom. The molecule has 90 valence electrons. The number of aromatic nitrogens is 1. The Bertz CT molecular complexity index is 321. The first-order valence-corrected chi connectivity index (χ1v) is 4.80. The molecule has 0 saturated carbocycles. The molecule has 0 saturated heterocycles. The number of nitrogens with one attached hydrogen (secondary N) is 1. The number of hydrogen-bond donors (Lipinski definition) is 1. The molecule has 1 heterocycles. The summed E-state index contributed by atoms with van der Waals surface area (Å²) in [5, 5.41) is 2.67. The molecular weight excluding hydrogens is 224 g/mol. The Kier molecular flexibility index (Phi) is 4.23. The zero-order valence-electron chi connectivity index (χ0n) is 8.68. The van der Waals surface area contributed by atoms with Gasteiger partial charge in [-0.05, 0) is 19.1 Å². The van der Waals surface area contributed by atoms with E-state index in [1.165, 1.54) is 12.1 Å². The number of halogens is 4. The van der Waals surface area contributed by atoms with Crippen LogP contribution in [0.1, 0.15) is 25.1 Å². The zero-order chi connectivity index (χ0) is 12.2. The molecule has 0 fully saturated rings. The average molecular weight is 236 g/mol. The van der Waals surface area contributed by atoms with Crippen LogP contribution in [0.4, 0.5) is 17.6 Å². The fraction of sp³-hybridized carbons (Fsp3) is 0.500. The molecule has 1 atom stereocenters. The largest absolute Gasteiger partial charge is 0.390 e. The molecule has 0 amide bonds. The highest BCUT2D eigenvalue weighted by Crippen LogP contribution is 2.19. The van der Waals surface area contributed by atoms with Gasteiger partial charge < -0.3 is 5.32 Å². The molecule has 1 aromatic rings. The van der Waals surface area contributed by atoms with E-state index in [0.29, 0.717) is 5.69 Å². The van der Waals surface area contributed by atoms with Gasteiger partial charge in [0.1, 0.15) is 5.82 Å². The van der Waals surface area contributed by atoms with E-state index < -0.39 is 18.4 Å². The molecule has 2 nitrogen and oxygen atoms in total. The average Bonchev–Trinajstić information content (AvgIpc) is 2.16. The van der Waals surface area contributed by atoms with Gasteiger partial charge in [-0.25, -0.2) is 4.39 Å². The minimum Gasteiger partial charge on any atom is -0.309 e. The van der Waals surface area contributed by atoms with E-state index in [-0.39, 0.29) is 12.6 Å². The van der Waals surface area contributed by atoms with Gasteiger partial charge >= 0.3 is 6.18 Å². The molecule has 6 heteroatoms. The first-order valence-electron chi connectivity index (χ1n) is 4.80. The van der Waals surface area contributed by atoms with E-state index in [9.17, 15) is 17.6 Å². The lowest BCUT2D eigenvalue weighted by molar-refractivity contribution is -0.133. The van der Waals surface area contributed by atoms with Crippen molar-refractivity contribution in [3.63, 3.8) is 0 Å². The molecule has 0 aliphatic carbocycles. The second-order valence-corrected chi connectivity index (χ2v) is 3.44. The summed E-state index contributed by atoms with van der Waals surface area (Å²) < 4.78 is 48.1. The minimum absolute atomic E-state index is 0.177. The Morgan fingerprint density at radius 3 is 2.56 bits per heavy atom.